The molecule has 134 valence electrons. The molecule has 2 N–H and O–H groups in total. The second-order valence-corrected chi connectivity index (χ2v) is 6.54. The molecule has 2 aromatic rings. The van der Waals surface area contributed by atoms with E-state index in [0.29, 0.717) is 13.0 Å². The van der Waals surface area contributed by atoms with Gasteiger partial charge < -0.3 is 20.1 Å². The lowest BCUT2D eigenvalue weighted by molar-refractivity contribution is 0.0977. The van der Waals surface area contributed by atoms with Gasteiger partial charge in [-0.3, -0.25) is 0 Å². The van der Waals surface area contributed by atoms with E-state index >= 15 is 0 Å². The molecule has 0 unspecified atom stereocenters. The van der Waals surface area contributed by atoms with E-state index in [-0.39, 0.29) is 6.04 Å². The van der Waals surface area contributed by atoms with E-state index in [1.807, 2.05) is 30.3 Å². The Balaban J connectivity index is 1.49. The minimum absolute atomic E-state index is 0.0685. The number of para-hydroxylation sites is 1. The highest BCUT2D eigenvalue weighted by molar-refractivity contribution is 5.48. The largest absolute Gasteiger partial charge is 0.493 e. The molecule has 0 saturated carbocycles. The van der Waals surface area contributed by atoms with Crippen LogP contribution in [-0.2, 0) is 6.42 Å². The zero-order valence-electron chi connectivity index (χ0n) is 14.9. The van der Waals surface area contributed by atoms with Crippen molar-refractivity contribution in [2.24, 2.45) is 0 Å². The van der Waals surface area contributed by atoms with E-state index < -0.39 is 6.10 Å². The third-order valence-corrected chi connectivity index (χ3v) is 4.81. The SMILES string of the molecule is CCc1ccc(N2CCN[C@H]([C@@H](O)CCOc3ccccc3)C2)cc1. The van der Waals surface area contributed by atoms with Crippen molar-refractivity contribution >= 4 is 5.69 Å². The number of piperazine rings is 1. The maximum absolute atomic E-state index is 10.5. The topological polar surface area (TPSA) is 44.7 Å². The number of hydrogen-bond acceptors (Lipinski definition) is 4. The molecular formula is C21H28N2O2. The number of benzene rings is 2. The summed E-state index contributed by atoms with van der Waals surface area (Å²) in [5, 5.41) is 14.0. The van der Waals surface area contributed by atoms with Gasteiger partial charge in [-0.25, -0.2) is 0 Å². The predicted octanol–water partition coefficient (Wildman–Crippen LogP) is 2.86. The van der Waals surface area contributed by atoms with Crippen molar-refractivity contribution in [3.05, 3.63) is 60.2 Å². The van der Waals surface area contributed by atoms with E-state index in [0.717, 1.165) is 31.8 Å². The van der Waals surface area contributed by atoms with Gasteiger partial charge in [-0.1, -0.05) is 37.3 Å². The number of rotatable bonds is 7. The molecule has 0 aliphatic carbocycles. The van der Waals surface area contributed by atoms with Crippen molar-refractivity contribution in [3.8, 4) is 5.75 Å². The first-order valence-electron chi connectivity index (χ1n) is 9.19. The lowest BCUT2D eigenvalue weighted by atomic mass is 10.0. The van der Waals surface area contributed by atoms with Crippen LogP contribution in [0.5, 0.6) is 5.75 Å². The van der Waals surface area contributed by atoms with Gasteiger partial charge in [0.05, 0.1) is 18.8 Å². The molecule has 1 aliphatic rings. The Labute approximate surface area is 150 Å². The summed E-state index contributed by atoms with van der Waals surface area (Å²) < 4.78 is 5.70. The van der Waals surface area contributed by atoms with Gasteiger partial charge in [0, 0.05) is 31.7 Å². The monoisotopic (exact) mass is 340 g/mol. The van der Waals surface area contributed by atoms with Crippen molar-refractivity contribution in [1.82, 2.24) is 5.32 Å². The second-order valence-electron chi connectivity index (χ2n) is 6.54. The summed E-state index contributed by atoms with van der Waals surface area (Å²) in [7, 11) is 0. The van der Waals surface area contributed by atoms with Crippen LogP contribution >= 0.6 is 0 Å². The van der Waals surface area contributed by atoms with Crippen LogP contribution in [0.3, 0.4) is 0 Å². The highest BCUT2D eigenvalue weighted by atomic mass is 16.5. The minimum atomic E-state index is -0.415. The molecule has 1 fully saturated rings. The van der Waals surface area contributed by atoms with Crippen LogP contribution in [0, 0.1) is 0 Å². The Morgan fingerprint density at radius 1 is 1.16 bits per heavy atom. The average molecular weight is 340 g/mol. The predicted molar refractivity (Wildman–Crippen MR) is 102 cm³/mol. The summed E-state index contributed by atoms with van der Waals surface area (Å²) >= 11 is 0. The number of anilines is 1. The average Bonchev–Trinajstić information content (AvgIpc) is 2.69. The lowest BCUT2D eigenvalue weighted by Crippen LogP contribution is -2.56. The van der Waals surface area contributed by atoms with E-state index in [4.69, 9.17) is 4.74 Å². The zero-order valence-corrected chi connectivity index (χ0v) is 14.9. The number of hydrogen-bond donors (Lipinski definition) is 2. The summed E-state index contributed by atoms with van der Waals surface area (Å²) in [5.74, 6) is 0.851. The molecule has 3 rings (SSSR count). The Kier molecular flexibility index (Phi) is 6.31. The van der Waals surface area contributed by atoms with E-state index in [2.05, 4.69) is 41.4 Å². The maximum Gasteiger partial charge on any atom is 0.119 e. The van der Waals surface area contributed by atoms with E-state index in [1.54, 1.807) is 0 Å². The molecule has 2 aromatic carbocycles. The third-order valence-electron chi connectivity index (χ3n) is 4.81. The molecule has 1 aliphatic heterocycles. The van der Waals surface area contributed by atoms with Crippen LogP contribution in [0.2, 0.25) is 0 Å². The summed E-state index contributed by atoms with van der Waals surface area (Å²) in [6.45, 7) is 5.36. The molecule has 2 atom stereocenters. The molecule has 25 heavy (non-hydrogen) atoms. The fourth-order valence-corrected chi connectivity index (χ4v) is 3.23. The molecule has 0 spiro atoms. The highest BCUT2D eigenvalue weighted by Gasteiger charge is 2.25. The van der Waals surface area contributed by atoms with Gasteiger partial charge in [-0.2, -0.15) is 0 Å². The normalized spacial score (nSPS) is 18.8. The van der Waals surface area contributed by atoms with Gasteiger partial charge in [-0.05, 0) is 36.2 Å². The summed E-state index contributed by atoms with van der Waals surface area (Å²) in [5.41, 5.74) is 2.59. The van der Waals surface area contributed by atoms with Crippen molar-refractivity contribution in [2.45, 2.75) is 31.9 Å². The number of nitrogens with one attached hydrogen (secondary N) is 1. The molecule has 0 bridgehead atoms. The second kappa shape index (κ2) is 8.88. The lowest BCUT2D eigenvalue weighted by Gasteiger charge is -2.37. The quantitative estimate of drug-likeness (QED) is 0.813. The standard InChI is InChI=1S/C21H28N2O2/c1-2-17-8-10-18(11-9-17)23-14-13-22-20(16-23)21(24)12-15-25-19-6-4-3-5-7-19/h3-11,20-22,24H,2,12-16H2,1H3/t20-,21-/m0/s1. The molecule has 1 heterocycles. The van der Waals surface area contributed by atoms with Crippen LogP contribution < -0.4 is 15.0 Å². The van der Waals surface area contributed by atoms with Gasteiger partial charge >= 0.3 is 0 Å². The molecule has 0 amide bonds. The van der Waals surface area contributed by atoms with E-state index in [1.165, 1.54) is 11.3 Å². The van der Waals surface area contributed by atoms with Crippen molar-refractivity contribution < 1.29 is 9.84 Å². The van der Waals surface area contributed by atoms with Crippen LogP contribution in [0.1, 0.15) is 18.9 Å². The fraction of sp³-hybridized carbons (Fsp3) is 0.429. The Hall–Kier alpha value is -2.04. The first kappa shape index (κ1) is 17.8. The van der Waals surface area contributed by atoms with Crippen LogP contribution in [0.4, 0.5) is 5.69 Å². The summed E-state index contributed by atoms with van der Waals surface area (Å²) in [4.78, 5) is 2.35. The molecule has 4 heteroatoms. The zero-order chi connectivity index (χ0) is 17.5. The molecule has 0 aromatic heterocycles. The fourth-order valence-electron chi connectivity index (χ4n) is 3.23. The molecule has 1 saturated heterocycles. The first-order valence-corrected chi connectivity index (χ1v) is 9.19. The molecular weight excluding hydrogens is 312 g/mol. The van der Waals surface area contributed by atoms with Crippen LogP contribution in [0.25, 0.3) is 0 Å². The number of aliphatic hydroxyl groups excluding tert-OH is 1. The summed E-state index contributed by atoms with van der Waals surface area (Å²) in [6, 6.07) is 18.6. The number of nitrogens with zero attached hydrogens (tertiary/aromatic N) is 1. The number of ether oxygens (including phenoxy) is 1. The number of aliphatic hydroxyl groups is 1. The molecule has 0 radical (unpaired) electrons. The van der Waals surface area contributed by atoms with Gasteiger partial charge in [0.25, 0.3) is 0 Å². The smallest absolute Gasteiger partial charge is 0.119 e. The van der Waals surface area contributed by atoms with Gasteiger partial charge in [0.15, 0.2) is 0 Å². The third kappa shape index (κ3) is 4.97. The van der Waals surface area contributed by atoms with Crippen LogP contribution in [0.15, 0.2) is 54.6 Å². The number of aryl methyl sites for hydroxylation is 1. The Bertz CT molecular complexity index is 630. The summed E-state index contributed by atoms with van der Waals surface area (Å²) in [6.07, 6.45) is 1.26. The Morgan fingerprint density at radius 2 is 1.92 bits per heavy atom. The van der Waals surface area contributed by atoms with E-state index in [9.17, 15) is 5.11 Å². The first-order chi connectivity index (χ1) is 12.3. The van der Waals surface area contributed by atoms with Crippen molar-refractivity contribution in [2.75, 3.05) is 31.1 Å². The molecule has 4 nitrogen and oxygen atoms in total. The van der Waals surface area contributed by atoms with Crippen molar-refractivity contribution in [1.29, 1.82) is 0 Å². The Morgan fingerprint density at radius 3 is 2.64 bits per heavy atom. The maximum atomic E-state index is 10.5. The van der Waals surface area contributed by atoms with Gasteiger partial charge in [0.1, 0.15) is 5.75 Å². The minimum Gasteiger partial charge on any atom is -0.493 e. The van der Waals surface area contributed by atoms with Crippen LogP contribution in [-0.4, -0.2) is 43.5 Å². The van der Waals surface area contributed by atoms with Crippen molar-refractivity contribution in [3.63, 3.8) is 0 Å². The van der Waals surface area contributed by atoms with Gasteiger partial charge in [0.2, 0.25) is 0 Å². The highest BCUT2D eigenvalue weighted by Crippen LogP contribution is 2.19. The van der Waals surface area contributed by atoms with Gasteiger partial charge in [-0.15, -0.1) is 0 Å².